The van der Waals surface area contributed by atoms with E-state index in [2.05, 4.69) is 10.6 Å². The summed E-state index contributed by atoms with van der Waals surface area (Å²) in [6.45, 7) is 4.01. The monoisotopic (exact) mass is 451 g/mol. The Morgan fingerprint density at radius 1 is 1.15 bits per heavy atom. The van der Waals surface area contributed by atoms with E-state index in [4.69, 9.17) is 0 Å². The van der Waals surface area contributed by atoms with Gasteiger partial charge in [-0.15, -0.1) is 0 Å². The molecule has 0 aromatic heterocycles. The van der Waals surface area contributed by atoms with Gasteiger partial charge in [-0.3, -0.25) is 9.59 Å². The zero-order valence-corrected chi connectivity index (χ0v) is 18.8. The van der Waals surface area contributed by atoms with Crippen LogP contribution in [0.25, 0.3) is 0 Å². The number of nitrogens with one attached hydrogen (secondary N) is 2. The van der Waals surface area contributed by atoms with Crippen LogP contribution < -0.4 is 15.5 Å². The van der Waals surface area contributed by atoms with Crippen molar-refractivity contribution in [2.75, 3.05) is 16.8 Å². The fourth-order valence-corrected chi connectivity index (χ4v) is 4.93. The summed E-state index contributed by atoms with van der Waals surface area (Å²) in [6.07, 6.45) is 2.81. The molecule has 0 radical (unpaired) electrons. The number of benzene rings is 2. The molecule has 7 heteroatoms. The first-order valence-corrected chi connectivity index (χ1v) is 11.3. The van der Waals surface area contributed by atoms with E-state index in [0.29, 0.717) is 24.1 Å². The van der Waals surface area contributed by atoms with Gasteiger partial charge in [-0.05, 0) is 42.9 Å². The van der Waals surface area contributed by atoms with E-state index in [1.807, 2.05) is 38.1 Å². The summed E-state index contributed by atoms with van der Waals surface area (Å²) in [6, 6.07) is 10.2. The molecule has 2 aromatic carbocycles. The molecule has 0 spiro atoms. The Morgan fingerprint density at radius 2 is 1.91 bits per heavy atom. The van der Waals surface area contributed by atoms with E-state index in [1.165, 1.54) is 12.1 Å². The second-order valence-electron chi connectivity index (χ2n) is 10.0. The zero-order valence-electron chi connectivity index (χ0n) is 18.8. The molecule has 0 saturated heterocycles. The van der Waals surface area contributed by atoms with Crippen LogP contribution in [0.3, 0.4) is 0 Å². The van der Waals surface area contributed by atoms with Crippen molar-refractivity contribution in [2.24, 2.45) is 5.41 Å². The Hall–Kier alpha value is -3.22. The van der Waals surface area contributed by atoms with Crippen LogP contribution in [-0.2, 0) is 9.59 Å². The van der Waals surface area contributed by atoms with Crippen LogP contribution in [0, 0.1) is 17.0 Å². The first-order valence-electron chi connectivity index (χ1n) is 11.3. The number of hydrogen-bond acceptors (Lipinski definition) is 4. The number of Topliss-reactive ketones (excluding diaryl/α,β-unsaturated/α-hetero) is 1. The number of allylic oxidation sites excluding steroid dienone is 1. The lowest BCUT2D eigenvalue weighted by Gasteiger charge is -2.38. The number of carbonyl (C=O) groups is 2. The Balaban J connectivity index is 1.70. The second kappa shape index (κ2) is 7.97. The van der Waals surface area contributed by atoms with Crippen LogP contribution in [0.5, 0.6) is 0 Å². The predicted molar refractivity (Wildman–Crippen MR) is 123 cm³/mol. The molecular weight excluding hydrogens is 424 g/mol. The van der Waals surface area contributed by atoms with Crippen molar-refractivity contribution >= 4 is 23.1 Å². The number of carbonyl (C=O) groups excluding carboxylic acids is 2. The van der Waals surface area contributed by atoms with Gasteiger partial charge in [0.2, 0.25) is 5.91 Å². The fraction of sp³-hybridized carbons (Fsp3) is 0.385. The molecule has 2 aromatic rings. The summed E-state index contributed by atoms with van der Waals surface area (Å²) in [4.78, 5) is 28.2. The van der Waals surface area contributed by atoms with E-state index in [9.17, 15) is 14.0 Å². The van der Waals surface area contributed by atoms with Gasteiger partial charge < -0.3 is 15.5 Å². The highest BCUT2D eigenvalue weighted by Crippen LogP contribution is 2.48. The number of nitrogens with zero attached hydrogens (tertiary/aromatic N) is 1. The Morgan fingerprint density at radius 3 is 2.64 bits per heavy atom. The van der Waals surface area contributed by atoms with Crippen LogP contribution in [-0.4, -0.2) is 24.3 Å². The summed E-state index contributed by atoms with van der Waals surface area (Å²) in [7, 11) is 0. The molecule has 1 heterocycles. The van der Waals surface area contributed by atoms with Crippen molar-refractivity contribution in [3.63, 3.8) is 0 Å². The molecule has 1 unspecified atom stereocenters. The predicted octanol–water partition coefficient (Wildman–Crippen LogP) is 4.86. The third-order valence-electron chi connectivity index (χ3n) is 6.52. The summed E-state index contributed by atoms with van der Waals surface area (Å²) in [5.41, 5.74) is 2.52. The summed E-state index contributed by atoms with van der Waals surface area (Å²) < 4.78 is 29.0. The molecule has 1 fully saturated rings. The quantitative estimate of drug-likeness (QED) is 0.697. The smallest absolute Gasteiger partial charge is 0.239 e. The topological polar surface area (TPSA) is 61.4 Å². The lowest BCUT2D eigenvalue weighted by Crippen LogP contribution is -2.42. The van der Waals surface area contributed by atoms with Gasteiger partial charge in [0.05, 0.1) is 24.0 Å². The molecule has 1 amide bonds. The van der Waals surface area contributed by atoms with Crippen LogP contribution in [0.4, 0.5) is 20.2 Å². The van der Waals surface area contributed by atoms with E-state index >= 15 is 4.39 Å². The first kappa shape index (κ1) is 21.6. The minimum atomic E-state index is -0.856. The normalized spacial score (nSPS) is 21.6. The molecule has 5 nitrogen and oxygen atoms in total. The number of para-hydroxylation sites is 2. The average molecular weight is 452 g/mol. The second-order valence-corrected chi connectivity index (χ2v) is 10.0. The molecule has 2 N–H and O–H groups in total. The van der Waals surface area contributed by atoms with Crippen molar-refractivity contribution in [3.8, 4) is 0 Å². The summed E-state index contributed by atoms with van der Waals surface area (Å²) in [5, 5.41) is 6.41. The van der Waals surface area contributed by atoms with E-state index in [-0.39, 0.29) is 35.3 Å². The standard InChI is InChI=1S/C26H27F2N3O2/c1-26(2)12-20-24(22(32)13-26)25(17-10-7-15(27)11-18(17)28)31(14-23(33)29-16-8-9-16)21-6-4-3-5-19(21)30-20/h3-7,10-11,16,25,30H,8-9,12-14H2,1-2H3,(H,29,33). The maximum atomic E-state index is 15.2. The highest BCUT2D eigenvalue weighted by atomic mass is 19.1. The first-order chi connectivity index (χ1) is 15.7. The number of fused-ring (bicyclic) bond motifs is 1. The van der Waals surface area contributed by atoms with Gasteiger partial charge in [0.15, 0.2) is 5.78 Å². The van der Waals surface area contributed by atoms with Gasteiger partial charge in [0.1, 0.15) is 11.6 Å². The summed E-state index contributed by atoms with van der Waals surface area (Å²) in [5.74, 6) is -1.71. The van der Waals surface area contributed by atoms with Gasteiger partial charge in [0.25, 0.3) is 0 Å². The van der Waals surface area contributed by atoms with E-state index < -0.39 is 17.7 Å². The number of amides is 1. The maximum Gasteiger partial charge on any atom is 0.239 e. The van der Waals surface area contributed by atoms with E-state index in [1.54, 1.807) is 4.90 Å². The molecule has 2 aliphatic carbocycles. The molecule has 1 atom stereocenters. The van der Waals surface area contributed by atoms with Gasteiger partial charge in [0, 0.05) is 35.4 Å². The van der Waals surface area contributed by atoms with Gasteiger partial charge in [-0.25, -0.2) is 8.78 Å². The van der Waals surface area contributed by atoms with Crippen LogP contribution in [0.2, 0.25) is 0 Å². The van der Waals surface area contributed by atoms with Crippen molar-refractivity contribution in [1.29, 1.82) is 0 Å². The Kier molecular flexibility index (Phi) is 5.22. The molecule has 0 bridgehead atoms. The zero-order chi connectivity index (χ0) is 23.3. The third-order valence-corrected chi connectivity index (χ3v) is 6.52. The molecule has 172 valence electrons. The summed E-state index contributed by atoms with van der Waals surface area (Å²) >= 11 is 0. The average Bonchev–Trinajstić information content (AvgIpc) is 3.54. The van der Waals surface area contributed by atoms with Gasteiger partial charge >= 0.3 is 0 Å². The SMILES string of the molecule is CC1(C)CC(=O)C2=C(C1)Nc1ccccc1N(CC(=O)NC1CC1)C2c1ccc(F)cc1F. The lowest BCUT2D eigenvalue weighted by molar-refractivity contribution is -0.120. The fourth-order valence-electron chi connectivity index (χ4n) is 4.93. The lowest BCUT2D eigenvalue weighted by atomic mass is 9.73. The number of hydrogen-bond donors (Lipinski definition) is 2. The molecule has 33 heavy (non-hydrogen) atoms. The third kappa shape index (κ3) is 4.24. The molecular formula is C26H27F2N3O2. The molecule has 3 aliphatic rings. The van der Waals surface area contributed by atoms with Crippen molar-refractivity contribution in [2.45, 2.75) is 51.6 Å². The van der Waals surface area contributed by atoms with Crippen LogP contribution in [0.1, 0.15) is 51.1 Å². The van der Waals surface area contributed by atoms with E-state index in [0.717, 1.165) is 30.3 Å². The molecule has 1 aliphatic heterocycles. The van der Waals surface area contributed by atoms with Gasteiger partial charge in [-0.2, -0.15) is 0 Å². The minimum Gasteiger partial charge on any atom is -0.357 e. The maximum absolute atomic E-state index is 15.2. The van der Waals surface area contributed by atoms with Gasteiger partial charge in [-0.1, -0.05) is 32.0 Å². The van der Waals surface area contributed by atoms with Crippen LogP contribution in [0.15, 0.2) is 53.7 Å². The van der Waals surface area contributed by atoms with Crippen molar-refractivity contribution < 1.29 is 18.4 Å². The number of rotatable bonds is 4. The number of halogens is 2. The van der Waals surface area contributed by atoms with Crippen molar-refractivity contribution in [3.05, 3.63) is 70.9 Å². The molecule has 1 saturated carbocycles. The Labute approximate surface area is 191 Å². The van der Waals surface area contributed by atoms with Crippen LogP contribution >= 0.6 is 0 Å². The Bertz CT molecular complexity index is 1170. The van der Waals surface area contributed by atoms with Crippen molar-refractivity contribution in [1.82, 2.24) is 5.32 Å². The largest absolute Gasteiger partial charge is 0.357 e. The highest BCUT2D eigenvalue weighted by molar-refractivity contribution is 6.01. The molecule has 5 rings (SSSR count). The minimum absolute atomic E-state index is 0.0515. The number of ketones is 1. The number of anilines is 2. The highest BCUT2D eigenvalue weighted by Gasteiger charge is 2.43.